The van der Waals surface area contributed by atoms with Crippen LogP contribution in [0.4, 0.5) is 5.13 Å². The molecule has 0 aliphatic heterocycles. The molecule has 2 aromatic rings. The molecule has 112 valence electrons. The SMILES string of the molecule is Br.O=C(O)CCC(=O)NNc1nc(-c2ccccc2)cs1. The first kappa shape index (κ1) is 17.1. The fraction of sp³-hybridized carbons (Fsp3) is 0.154. The second-order valence-corrected chi connectivity index (χ2v) is 4.83. The topological polar surface area (TPSA) is 91.3 Å². The molecule has 21 heavy (non-hydrogen) atoms. The van der Waals surface area contributed by atoms with E-state index in [-0.39, 0.29) is 35.7 Å². The molecule has 2 rings (SSSR count). The van der Waals surface area contributed by atoms with Gasteiger partial charge in [-0.05, 0) is 0 Å². The zero-order chi connectivity index (χ0) is 14.4. The van der Waals surface area contributed by atoms with Gasteiger partial charge in [-0.1, -0.05) is 30.3 Å². The van der Waals surface area contributed by atoms with Crippen molar-refractivity contribution in [3.8, 4) is 11.3 Å². The van der Waals surface area contributed by atoms with Crippen LogP contribution in [0.1, 0.15) is 12.8 Å². The van der Waals surface area contributed by atoms with Crippen LogP contribution in [0.3, 0.4) is 0 Å². The normalized spacial score (nSPS) is 9.52. The molecular formula is C13H14BrN3O3S. The van der Waals surface area contributed by atoms with Crippen molar-refractivity contribution in [2.24, 2.45) is 0 Å². The second kappa shape index (κ2) is 8.38. The van der Waals surface area contributed by atoms with Crippen molar-refractivity contribution in [1.82, 2.24) is 10.4 Å². The van der Waals surface area contributed by atoms with Gasteiger partial charge in [0.25, 0.3) is 0 Å². The zero-order valence-electron chi connectivity index (χ0n) is 10.9. The number of thiazole rings is 1. The minimum Gasteiger partial charge on any atom is -0.481 e. The molecule has 0 spiro atoms. The van der Waals surface area contributed by atoms with E-state index in [1.165, 1.54) is 11.3 Å². The number of carboxylic acid groups (broad SMARTS) is 1. The van der Waals surface area contributed by atoms with Gasteiger partial charge >= 0.3 is 5.97 Å². The molecule has 0 unspecified atom stereocenters. The molecule has 1 heterocycles. The number of benzene rings is 1. The number of halogens is 1. The third-order valence-electron chi connectivity index (χ3n) is 2.45. The Labute approximate surface area is 136 Å². The molecule has 0 aliphatic rings. The first-order valence-corrected chi connectivity index (χ1v) is 6.81. The van der Waals surface area contributed by atoms with Crippen LogP contribution in [0.5, 0.6) is 0 Å². The molecule has 1 aromatic carbocycles. The number of hydrazine groups is 1. The van der Waals surface area contributed by atoms with Gasteiger partial charge in [-0.3, -0.25) is 20.4 Å². The quantitative estimate of drug-likeness (QED) is 0.679. The van der Waals surface area contributed by atoms with E-state index < -0.39 is 5.97 Å². The predicted molar refractivity (Wildman–Crippen MR) is 86.5 cm³/mol. The van der Waals surface area contributed by atoms with Crippen molar-refractivity contribution in [2.75, 3.05) is 5.43 Å². The summed E-state index contributed by atoms with van der Waals surface area (Å²) in [4.78, 5) is 26.0. The van der Waals surface area contributed by atoms with Crippen molar-refractivity contribution in [2.45, 2.75) is 12.8 Å². The molecule has 0 saturated carbocycles. The summed E-state index contributed by atoms with van der Waals surface area (Å²) in [6.45, 7) is 0. The van der Waals surface area contributed by atoms with E-state index in [0.717, 1.165) is 11.3 Å². The Hall–Kier alpha value is -1.93. The van der Waals surface area contributed by atoms with Crippen LogP contribution >= 0.6 is 28.3 Å². The number of carbonyl (C=O) groups is 2. The Kier molecular flexibility index (Phi) is 6.83. The Morgan fingerprint density at radius 2 is 1.90 bits per heavy atom. The van der Waals surface area contributed by atoms with Crippen LogP contribution in [-0.2, 0) is 9.59 Å². The lowest BCUT2D eigenvalue weighted by Crippen LogP contribution is -2.29. The van der Waals surface area contributed by atoms with Crippen LogP contribution in [0.15, 0.2) is 35.7 Å². The van der Waals surface area contributed by atoms with E-state index in [4.69, 9.17) is 5.11 Å². The van der Waals surface area contributed by atoms with E-state index in [9.17, 15) is 9.59 Å². The molecule has 0 bridgehead atoms. The van der Waals surface area contributed by atoms with Crippen LogP contribution in [-0.4, -0.2) is 22.0 Å². The summed E-state index contributed by atoms with van der Waals surface area (Å²) < 4.78 is 0. The average Bonchev–Trinajstić information content (AvgIpc) is 2.93. The molecule has 0 saturated heterocycles. The monoisotopic (exact) mass is 371 g/mol. The molecule has 3 N–H and O–H groups in total. The number of hydrogen-bond acceptors (Lipinski definition) is 5. The maximum absolute atomic E-state index is 11.3. The number of hydrogen-bond donors (Lipinski definition) is 3. The maximum atomic E-state index is 11.3. The smallest absolute Gasteiger partial charge is 0.303 e. The molecule has 6 nitrogen and oxygen atoms in total. The molecule has 8 heteroatoms. The van der Waals surface area contributed by atoms with Gasteiger partial charge in [0.2, 0.25) is 11.0 Å². The lowest BCUT2D eigenvalue weighted by Gasteiger charge is -2.03. The number of amides is 1. The Morgan fingerprint density at radius 3 is 2.57 bits per heavy atom. The summed E-state index contributed by atoms with van der Waals surface area (Å²) >= 11 is 1.36. The molecular weight excluding hydrogens is 358 g/mol. The molecule has 1 amide bonds. The minimum atomic E-state index is -0.999. The Morgan fingerprint density at radius 1 is 1.19 bits per heavy atom. The second-order valence-electron chi connectivity index (χ2n) is 3.97. The van der Waals surface area contributed by atoms with Crippen molar-refractivity contribution < 1.29 is 14.7 Å². The van der Waals surface area contributed by atoms with Gasteiger partial charge in [0.05, 0.1) is 12.1 Å². The summed E-state index contributed by atoms with van der Waals surface area (Å²) in [6, 6.07) is 9.68. The van der Waals surface area contributed by atoms with Crippen molar-refractivity contribution in [1.29, 1.82) is 0 Å². The predicted octanol–water partition coefficient (Wildman–Crippen LogP) is 2.70. The van der Waals surface area contributed by atoms with E-state index in [2.05, 4.69) is 15.8 Å². The molecule has 0 aliphatic carbocycles. The van der Waals surface area contributed by atoms with Crippen LogP contribution in [0.25, 0.3) is 11.3 Å². The van der Waals surface area contributed by atoms with E-state index >= 15 is 0 Å². The molecule has 0 radical (unpaired) electrons. The van der Waals surface area contributed by atoms with E-state index in [1.54, 1.807) is 0 Å². The van der Waals surface area contributed by atoms with Gasteiger partial charge < -0.3 is 5.11 Å². The zero-order valence-corrected chi connectivity index (χ0v) is 13.4. The summed E-state index contributed by atoms with van der Waals surface area (Å²) in [7, 11) is 0. The summed E-state index contributed by atoms with van der Waals surface area (Å²) in [5.41, 5.74) is 6.90. The number of aliphatic carboxylic acids is 1. The van der Waals surface area contributed by atoms with Gasteiger partial charge in [-0.25, -0.2) is 4.98 Å². The average molecular weight is 372 g/mol. The van der Waals surface area contributed by atoms with Crippen molar-refractivity contribution in [3.05, 3.63) is 35.7 Å². The summed E-state index contributed by atoms with van der Waals surface area (Å²) in [6.07, 6.45) is -0.264. The van der Waals surface area contributed by atoms with Crippen molar-refractivity contribution in [3.63, 3.8) is 0 Å². The van der Waals surface area contributed by atoms with Gasteiger partial charge in [0, 0.05) is 17.4 Å². The Balaban J connectivity index is 0.00000220. The largest absolute Gasteiger partial charge is 0.481 e. The number of nitrogens with zero attached hydrogens (tertiary/aromatic N) is 1. The summed E-state index contributed by atoms with van der Waals surface area (Å²) in [5.74, 6) is -1.38. The Bertz CT molecular complexity index is 604. The summed E-state index contributed by atoms with van der Waals surface area (Å²) in [5, 5.41) is 10.9. The third kappa shape index (κ3) is 5.52. The number of carbonyl (C=O) groups excluding carboxylic acids is 1. The fourth-order valence-electron chi connectivity index (χ4n) is 1.48. The van der Waals surface area contributed by atoms with Gasteiger partial charge in [0.15, 0.2) is 0 Å². The fourth-order valence-corrected chi connectivity index (χ4v) is 2.15. The highest BCUT2D eigenvalue weighted by molar-refractivity contribution is 8.93. The van der Waals surface area contributed by atoms with Gasteiger partial charge in [0.1, 0.15) is 0 Å². The van der Waals surface area contributed by atoms with Crippen LogP contribution in [0.2, 0.25) is 0 Å². The highest BCUT2D eigenvalue weighted by atomic mass is 79.9. The molecule has 0 fully saturated rings. The standard InChI is InChI=1S/C13H13N3O3S.BrH/c17-11(6-7-12(18)19)15-16-13-14-10(8-20-13)9-4-2-1-3-5-9;/h1-5,8H,6-7H2,(H,14,16)(H,15,17)(H,18,19);1H. The number of nitrogens with one attached hydrogen (secondary N) is 2. The van der Waals surface area contributed by atoms with Gasteiger partial charge in [-0.15, -0.1) is 28.3 Å². The van der Waals surface area contributed by atoms with Crippen LogP contribution < -0.4 is 10.9 Å². The molecule has 0 atom stereocenters. The first-order valence-electron chi connectivity index (χ1n) is 5.93. The highest BCUT2D eigenvalue weighted by Gasteiger charge is 2.07. The van der Waals surface area contributed by atoms with Crippen molar-refractivity contribution >= 4 is 45.3 Å². The van der Waals surface area contributed by atoms with Crippen LogP contribution in [0, 0.1) is 0 Å². The lowest BCUT2D eigenvalue weighted by atomic mass is 10.2. The van der Waals surface area contributed by atoms with Gasteiger partial charge in [-0.2, -0.15) is 0 Å². The minimum absolute atomic E-state index is 0. The number of aromatic nitrogens is 1. The van der Waals surface area contributed by atoms with E-state index in [0.29, 0.717) is 5.13 Å². The third-order valence-corrected chi connectivity index (χ3v) is 3.21. The maximum Gasteiger partial charge on any atom is 0.303 e. The number of anilines is 1. The number of rotatable bonds is 6. The van der Waals surface area contributed by atoms with E-state index in [1.807, 2.05) is 35.7 Å². The number of carboxylic acids is 1. The first-order chi connectivity index (χ1) is 9.65. The lowest BCUT2D eigenvalue weighted by molar-refractivity contribution is -0.138. The highest BCUT2D eigenvalue weighted by Crippen LogP contribution is 2.23. The molecule has 1 aromatic heterocycles.